The first-order valence-corrected chi connectivity index (χ1v) is 38.4. The van der Waals surface area contributed by atoms with Crippen molar-refractivity contribution in [3.8, 4) is 0 Å². The van der Waals surface area contributed by atoms with Crippen molar-refractivity contribution in [2.24, 2.45) is 33.5 Å². The standard InChI is InChI=1S/C9H20.C8H20Si.C7H16.C6H16Si.2C5H12.2C4H12Si.2C3H8.6CH4/c2*1-7(2)9(5,6)8(3)4;2*1-5-7(3,4)6-2;4*1-5(2,3)4;2*1-3-2;;;;;;/h2*7-8H,1-6H3;2*5-6H2,1-4H3;4*1-4H3;2*3H2,1-2H3;6*1H4/i;;;;1D3;;1D3;;;;;;;;;. The molecule has 64 heavy (non-hydrogen) atoms. The van der Waals surface area contributed by atoms with Crippen LogP contribution in [0.2, 0.25) is 102 Å². The number of hydrogen-bond acceptors (Lipinski definition) is 0. The second-order valence-electron chi connectivity index (χ2n) is 25.9. The molecule has 0 aromatic carbocycles. The number of hydrogen-bond donors (Lipinski definition) is 0. The van der Waals surface area contributed by atoms with Crippen LogP contribution < -0.4 is 0 Å². The molecule has 0 aromatic rings. The zero-order chi connectivity index (χ0) is 55.6. The van der Waals surface area contributed by atoms with Crippen molar-refractivity contribution in [3.05, 3.63) is 0 Å². The molecule has 0 spiro atoms. The Morgan fingerprint density at radius 1 is 0.391 bits per heavy atom. The summed E-state index contributed by atoms with van der Waals surface area (Å²) in [6.45, 7) is 80.5. The molecule has 0 nitrogen and oxygen atoms in total. The van der Waals surface area contributed by atoms with Crippen LogP contribution in [0.3, 0.4) is 0 Å². The van der Waals surface area contributed by atoms with E-state index in [0.29, 0.717) is 16.2 Å². The van der Waals surface area contributed by atoms with Crippen molar-refractivity contribution >= 4 is 32.3 Å². The molecule has 4 heteroatoms. The molecule has 0 aliphatic rings. The minimum absolute atomic E-state index is 0. The summed E-state index contributed by atoms with van der Waals surface area (Å²) >= 11 is 0. The number of rotatable bonds is 8. The van der Waals surface area contributed by atoms with Crippen LogP contribution in [-0.4, -0.2) is 32.3 Å². The van der Waals surface area contributed by atoms with Crippen molar-refractivity contribution in [3.63, 3.8) is 0 Å². The van der Waals surface area contributed by atoms with Crippen molar-refractivity contribution < 1.29 is 8.22 Å². The van der Waals surface area contributed by atoms with Gasteiger partial charge < -0.3 is 0 Å². The monoisotopic (exact) mass is 999 g/mol. The van der Waals surface area contributed by atoms with Crippen molar-refractivity contribution in [2.75, 3.05) is 0 Å². The molecule has 0 atom stereocenters. The fourth-order valence-electron chi connectivity index (χ4n) is 1.83. The summed E-state index contributed by atoms with van der Waals surface area (Å²) in [5.41, 5.74) is 2.88. The highest BCUT2D eigenvalue weighted by Gasteiger charge is 2.28. The highest BCUT2D eigenvalue weighted by atomic mass is 28.3. The summed E-state index contributed by atoms with van der Waals surface area (Å²) in [5, 5.41) is 0. The molecule has 0 fully saturated rings. The SMILES string of the molecule is C.C.C.C.C.C.CC(C)(C)C.CC(C)C(C)(C)C(C)C.CC(C)[Si](C)(C)C(C)C.CCC.CCC.CCC(C)(C)CC.CC[Si](C)(C)CC.C[Si](C)(C)C.[2H]C([2H])([2H])C(C)(C)C.[2H]C([2H])([2H])[Si](C)(C)C. The van der Waals surface area contributed by atoms with E-state index in [2.05, 4.69) is 219 Å². The van der Waals surface area contributed by atoms with Crippen LogP contribution in [0.5, 0.6) is 0 Å². The second-order valence-corrected chi connectivity index (χ2v) is 48.1. The molecule has 0 amide bonds. The predicted octanol–water partition coefficient (Wildman–Crippen LogP) is 27.1. The molecule has 0 aliphatic heterocycles. The van der Waals surface area contributed by atoms with E-state index < -0.39 is 51.0 Å². The largest absolute Gasteiger partial charge is 0.0776 e. The lowest BCUT2D eigenvalue weighted by Crippen LogP contribution is -2.32. The van der Waals surface area contributed by atoms with E-state index in [0.717, 1.165) is 22.9 Å². The van der Waals surface area contributed by atoms with Crippen LogP contribution in [-0.2, 0) is 0 Å². The van der Waals surface area contributed by atoms with Crippen LogP contribution in [0.25, 0.3) is 0 Å². The van der Waals surface area contributed by atoms with Crippen molar-refractivity contribution in [2.45, 2.75) is 366 Å². The predicted molar refractivity (Wildman–Crippen MR) is 345 cm³/mol. The molecular formula is C60H160Si4. The third-order valence-corrected chi connectivity index (χ3v) is 19.6. The molecular weight excluding hydrogens is 833 g/mol. The quantitative estimate of drug-likeness (QED) is 0.213. The molecule has 0 aromatic heterocycles. The van der Waals surface area contributed by atoms with E-state index in [4.69, 9.17) is 8.22 Å². The highest BCUT2D eigenvalue weighted by Crippen LogP contribution is 2.34. The molecule has 0 rings (SSSR count). The van der Waals surface area contributed by atoms with Crippen molar-refractivity contribution in [1.29, 1.82) is 0 Å². The summed E-state index contributed by atoms with van der Waals surface area (Å²) in [6, 6.07) is 2.87. The third kappa shape index (κ3) is 177. The van der Waals surface area contributed by atoms with Gasteiger partial charge in [-0.3, -0.25) is 0 Å². The Morgan fingerprint density at radius 3 is 0.547 bits per heavy atom. The van der Waals surface area contributed by atoms with Gasteiger partial charge >= 0.3 is 0 Å². The molecule has 0 unspecified atom stereocenters. The van der Waals surface area contributed by atoms with Crippen LogP contribution in [0.1, 0.15) is 272 Å². The Bertz CT molecular complexity index is 805. The first kappa shape index (κ1) is 87.9. The summed E-state index contributed by atoms with van der Waals surface area (Å²) in [6.07, 6.45) is 5.09. The Hall–Kier alpha value is 0.868. The van der Waals surface area contributed by atoms with Gasteiger partial charge in [0, 0.05) is 32.4 Å². The minimum atomic E-state index is -1.86. The van der Waals surface area contributed by atoms with Gasteiger partial charge in [-0.2, -0.15) is 0 Å². The van der Waals surface area contributed by atoms with E-state index in [1.54, 1.807) is 20.8 Å². The van der Waals surface area contributed by atoms with E-state index in [1.807, 2.05) is 19.6 Å². The Kier molecular flexibility index (Phi) is 77.5. The molecule has 0 heterocycles. The van der Waals surface area contributed by atoms with Gasteiger partial charge in [-0.25, -0.2) is 0 Å². The van der Waals surface area contributed by atoms with Crippen LogP contribution in [0.15, 0.2) is 0 Å². The summed E-state index contributed by atoms with van der Waals surface area (Å²) in [5.74, 6) is 1.58. The average molecular weight is 1000 g/mol. The van der Waals surface area contributed by atoms with Crippen LogP contribution >= 0.6 is 0 Å². The fourth-order valence-corrected chi connectivity index (χ4v) is 3.67. The average Bonchev–Trinajstić information content (AvgIpc) is 3.03. The zero-order valence-corrected chi connectivity index (χ0v) is 53.6. The van der Waals surface area contributed by atoms with Gasteiger partial charge in [0.05, 0.1) is 8.07 Å². The highest BCUT2D eigenvalue weighted by molar-refractivity contribution is 6.80. The smallest absolute Gasteiger partial charge is 0.0525 e. The molecule has 0 bridgehead atoms. The summed E-state index contributed by atoms with van der Waals surface area (Å²) in [7, 11) is -3.98. The van der Waals surface area contributed by atoms with E-state index in [1.165, 1.54) is 37.8 Å². The Morgan fingerprint density at radius 2 is 0.547 bits per heavy atom. The van der Waals surface area contributed by atoms with Gasteiger partial charge in [0.15, 0.2) is 0 Å². The Balaban J connectivity index is -0.0000000332. The van der Waals surface area contributed by atoms with Gasteiger partial charge in [0.1, 0.15) is 0 Å². The van der Waals surface area contributed by atoms with Crippen molar-refractivity contribution in [1.82, 2.24) is 0 Å². The summed E-state index contributed by atoms with van der Waals surface area (Å²) < 4.78 is 41.7. The van der Waals surface area contributed by atoms with E-state index in [-0.39, 0.29) is 44.6 Å². The van der Waals surface area contributed by atoms with E-state index >= 15 is 0 Å². The lowest BCUT2D eigenvalue weighted by atomic mass is 9.72. The molecule has 0 N–H and O–H groups in total. The lowest BCUT2D eigenvalue weighted by molar-refractivity contribution is 0.165. The normalized spacial score (nSPS) is 12.5. The van der Waals surface area contributed by atoms with Gasteiger partial charge in [0.2, 0.25) is 0 Å². The van der Waals surface area contributed by atoms with Crippen LogP contribution in [0, 0.1) is 33.5 Å². The van der Waals surface area contributed by atoms with Gasteiger partial charge in [0.25, 0.3) is 0 Å². The van der Waals surface area contributed by atoms with Crippen LogP contribution in [0.4, 0.5) is 0 Å². The topological polar surface area (TPSA) is 0 Å². The molecule has 0 saturated heterocycles. The third-order valence-electron chi connectivity index (χ3n) is 9.78. The molecule has 416 valence electrons. The van der Waals surface area contributed by atoms with Gasteiger partial charge in [-0.15, -0.1) is 0 Å². The first-order chi connectivity index (χ1) is 27.3. The Labute approximate surface area is 437 Å². The maximum absolute atomic E-state index is 6.98. The lowest BCUT2D eigenvalue weighted by Gasteiger charge is -2.33. The molecule has 0 saturated carbocycles. The summed E-state index contributed by atoms with van der Waals surface area (Å²) in [4.78, 5) is 0. The second kappa shape index (κ2) is 56.5. The van der Waals surface area contributed by atoms with E-state index in [9.17, 15) is 0 Å². The molecule has 0 radical (unpaired) electrons. The minimum Gasteiger partial charge on any atom is -0.0776 e. The maximum atomic E-state index is 6.98. The molecule has 0 aliphatic carbocycles. The van der Waals surface area contributed by atoms with Gasteiger partial charge in [-0.1, -0.05) is 366 Å². The zero-order valence-electron chi connectivity index (χ0n) is 55.6. The fraction of sp³-hybridized carbons (Fsp3) is 1.00. The van der Waals surface area contributed by atoms with Gasteiger partial charge in [-0.05, 0) is 33.5 Å². The first-order valence-electron chi connectivity index (χ1n) is 27.3. The maximum Gasteiger partial charge on any atom is 0.0525 e.